The van der Waals surface area contributed by atoms with E-state index in [1.54, 1.807) is 0 Å². The predicted molar refractivity (Wildman–Crippen MR) is 62.4 cm³/mol. The third kappa shape index (κ3) is 2.41. The Morgan fingerprint density at radius 3 is 2.33 bits per heavy atom. The van der Waals surface area contributed by atoms with Crippen LogP contribution in [0.5, 0.6) is 0 Å². The van der Waals surface area contributed by atoms with Crippen molar-refractivity contribution in [3.63, 3.8) is 0 Å². The molecule has 0 bridgehead atoms. The topological polar surface area (TPSA) is 72.8 Å². The molecule has 0 aromatic carbocycles. The monoisotopic (exact) mass is 254 g/mol. The van der Waals surface area contributed by atoms with E-state index >= 15 is 0 Å². The molecule has 0 saturated carbocycles. The van der Waals surface area contributed by atoms with E-state index in [0.717, 1.165) is 31.3 Å². The van der Waals surface area contributed by atoms with Gasteiger partial charge in [-0.3, -0.25) is 0 Å². The summed E-state index contributed by atoms with van der Waals surface area (Å²) < 4.78 is 9.88. The van der Waals surface area contributed by atoms with Gasteiger partial charge in [0.05, 0.1) is 0 Å². The summed E-state index contributed by atoms with van der Waals surface area (Å²) in [5, 5.41) is 10.2. The summed E-state index contributed by atoms with van der Waals surface area (Å²) in [5.41, 5.74) is -1.27. The lowest BCUT2D eigenvalue weighted by atomic mass is 9.87. The fourth-order valence-corrected chi connectivity index (χ4v) is 2.26. The number of rotatable bonds is 2. The molecule has 0 spiro atoms. The molecule has 18 heavy (non-hydrogen) atoms. The summed E-state index contributed by atoms with van der Waals surface area (Å²) in [7, 11) is 0. The molecule has 5 nitrogen and oxygen atoms in total. The van der Waals surface area contributed by atoms with Crippen LogP contribution in [0.15, 0.2) is 11.6 Å². The van der Waals surface area contributed by atoms with Crippen molar-refractivity contribution in [2.75, 3.05) is 0 Å². The molecule has 2 aliphatic rings. The van der Waals surface area contributed by atoms with Crippen LogP contribution in [0.1, 0.15) is 46.0 Å². The molecule has 1 heterocycles. The average Bonchev–Trinajstić information content (AvgIpc) is 2.27. The highest BCUT2D eigenvalue weighted by molar-refractivity contribution is 6.05. The van der Waals surface area contributed by atoms with Gasteiger partial charge in [-0.25, -0.2) is 9.59 Å². The zero-order valence-corrected chi connectivity index (χ0v) is 10.7. The summed E-state index contributed by atoms with van der Waals surface area (Å²) in [6.07, 6.45) is 5.77. The predicted octanol–water partition coefficient (Wildman–Crippen LogP) is 1.44. The first-order valence-corrected chi connectivity index (χ1v) is 6.21. The van der Waals surface area contributed by atoms with Gasteiger partial charge in [-0.2, -0.15) is 0 Å². The van der Waals surface area contributed by atoms with Gasteiger partial charge >= 0.3 is 11.9 Å². The van der Waals surface area contributed by atoms with E-state index in [1.807, 2.05) is 6.08 Å². The van der Waals surface area contributed by atoms with E-state index < -0.39 is 23.3 Å². The number of carbonyl (C=O) groups is 2. The molecule has 0 aromatic rings. The van der Waals surface area contributed by atoms with Crippen LogP contribution in [0, 0.1) is 0 Å². The standard InChI is InChI=1S/C13H18O5/c1-12(2)17-10(14)13(16,11(15)18-12)8-9-6-4-3-5-7-9/h6,16H,3-5,7-8H2,1-2H3. The minimum atomic E-state index is -2.18. The number of ether oxygens (including phenoxy) is 2. The van der Waals surface area contributed by atoms with Crippen LogP contribution in [0.2, 0.25) is 0 Å². The van der Waals surface area contributed by atoms with Crippen molar-refractivity contribution in [2.45, 2.75) is 57.3 Å². The SMILES string of the molecule is CC1(C)OC(=O)C(O)(CC2=CCCCC2)C(=O)O1. The first kappa shape index (κ1) is 13.1. The number of hydrogen-bond acceptors (Lipinski definition) is 5. The number of aliphatic hydroxyl groups is 1. The van der Waals surface area contributed by atoms with Crippen LogP contribution >= 0.6 is 0 Å². The quantitative estimate of drug-likeness (QED) is 0.458. The lowest BCUT2D eigenvalue weighted by Crippen LogP contribution is -2.58. The number of carbonyl (C=O) groups excluding carboxylic acids is 2. The normalized spacial score (nSPS) is 26.1. The number of hydrogen-bond donors (Lipinski definition) is 1. The molecule has 2 rings (SSSR count). The number of allylic oxidation sites excluding steroid dienone is 1. The van der Waals surface area contributed by atoms with Gasteiger partial charge in [0.25, 0.3) is 11.4 Å². The summed E-state index contributed by atoms with van der Waals surface area (Å²) in [5.74, 6) is -3.15. The molecule has 1 fully saturated rings. The van der Waals surface area contributed by atoms with Crippen LogP contribution in [-0.2, 0) is 19.1 Å². The van der Waals surface area contributed by atoms with Crippen molar-refractivity contribution in [3.05, 3.63) is 11.6 Å². The summed E-state index contributed by atoms with van der Waals surface area (Å²) in [6.45, 7) is 2.92. The highest BCUT2D eigenvalue weighted by Gasteiger charge is 2.55. The van der Waals surface area contributed by atoms with Gasteiger partial charge in [0.2, 0.25) is 0 Å². The highest BCUT2D eigenvalue weighted by atomic mass is 16.8. The molecule has 0 radical (unpaired) electrons. The first-order chi connectivity index (χ1) is 8.33. The minimum absolute atomic E-state index is 0.0270. The molecule has 5 heteroatoms. The van der Waals surface area contributed by atoms with Crippen molar-refractivity contribution in [1.29, 1.82) is 0 Å². The lowest BCUT2D eigenvalue weighted by molar-refractivity contribution is -0.259. The molecule has 0 atom stereocenters. The summed E-state index contributed by atoms with van der Waals surface area (Å²) >= 11 is 0. The van der Waals surface area contributed by atoms with E-state index in [9.17, 15) is 14.7 Å². The van der Waals surface area contributed by atoms with E-state index in [2.05, 4.69) is 0 Å². The first-order valence-electron chi connectivity index (χ1n) is 6.21. The Balaban J connectivity index is 2.17. The van der Waals surface area contributed by atoms with Gasteiger partial charge in [0, 0.05) is 20.3 Å². The van der Waals surface area contributed by atoms with E-state index in [-0.39, 0.29) is 6.42 Å². The zero-order chi connectivity index (χ0) is 13.4. The molecule has 0 unspecified atom stereocenters. The molecule has 1 aliphatic heterocycles. The van der Waals surface area contributed by atoms with Crippen LogP contribution < -0.4 is 0 Å². The van der Waals surface area contributed by atoms with Crippen molar-refractivity contribution in [3.8, 4) is 0 Å². The largest absolute Gasteiger partial charge is 0.421 e. The average molecular weight is 254 g/mol. The van der Waals surface area contributed by atoms with Crippen molar-refractivity contribution < 1.29 is 24.2 Å². The Morgan fingerprint density at radius 2 is 1.83 bits per heavy atom. The molecule has 0 aromatic heterocycles. The van der Waals surface area contributed by atoms with Crippen molar-refractivity contribution in [2.24, 2.45) is 0 Å². The Kier molecular flexibility index (Phi) is 3.19. The second-order valence-corrected chi connectivity index (χ2v) is 5.32. The van der Waals surface area contributed by atoms with Gasteiger partial charge in [0.15, 0.2) is 0 Å². The minimum Gasteiger partial charge on any atom is -0.421 e. The van der Waals surface area contributed by atoms with E-state index in [1.165, 1.54) is 13.8 Å². The van der Waals surface area contributed by atoms with Gasteiger partial charge in [0.1, 0.15) is 0 Å². The molecule has 0 amide bonds. The number of cyclic esters (lactones) is 2. The Labute approximate surface area is 106 Å². The van der Waals surface area contributed by atoms with Gasteiger partial charge in [-0.15, -0.1) is 0 Å². The zero-order valence-electron chi connectivity index (χ0n) is 10.7. The maximum absolute atomic E-state index is 11.8. The molecule has 100 valence electrons. The van der Waals surface area contributed by atoms with Crippen molar-refractivity contribution >= 4 is 11.9 Å². The maximum Gasteiger partial charge on any atom is 0.353 e. The smallest absolute Gasteiger partial charge is 0.353 e. The second kappa shape index (κ2) is 4.39. The fraction of sp³-hybridized carbons (Fsp3) is 0.692. The van der Waals surface area contributed by atoms with Gasteiger partial charge in [-0.1, -0.05) is 11.6 Å². The third-order valence-corrected chi connectivity index (χ3v) is 3.22. The molecule has 1 saturated heterocycles. The Hall–Kier alpha value is -1.36. The Bertz CT molecular complexity index is 388. The van der Waals surface area contributed by atoms with Gasteiger partial charge < -0.3 is 14.6 Å². The molecule has 1 aliphatic carbocycles. The van der Waals surface area contributed by atoms with Crippen molar-refractivity contribution in [1.82, 2.24) is 0 Å². The van der Waals surface area contributed by atoms with E-state index in [0.29, 0.717) is 0 Å². The lowest BCUT2D eigenvalue weighted by Gasteiger charge is -2.37. The van der Waals surface area contributed by atoms with Crippen LogP contribution in [0.3, 0.4) is 0 Å². The Morgan fingerprint density at radius 1 is 1.22 bits per heavy atom. The highest BCUT2D eigenvalue weighted by Crippen LogP contribution is 2.33. The maximum atomic E-state index is 11.8. The second-order valence-electron chi connectivity index (χ2n) is 5.32. The van der Waals surface area contributed by atoms with Gasteiger partial charge in [-0.05, 0) is 25.7 Å². The van der Waals surface area contributed by atoms with E-state index in [4.69, 9.17) is 9.47 Å². The molecular formula is C13H18O5. The fourth-order valence-electron chi connectivity index (χ4n) is 2.26. The number of esters is 2. The third-order valence-electron chi connectivity index (χ3n) is 3.22. The summed E-state index contributed by atoms with van der Waals surface area (Å²) in [4.78, 5) is 23.6. The van der Waals surface area contributed by atoms with Crippen LogP contribution in [0.4, 0.5) is 0 Å². The molecule has 1 N–H and O–H groups in total. The summed E-state index contributed by atoms with van der Waals surface area (Å²) in [6, 6.07) is 0. The van der Waals surface area contributed by atoms with Crippen LogP contribution in [0.25, 0.3) is 0 Å². The van der Waals surface area contributed by atoms with Crippen LogP contribution in [-0.4, -0.2) is 28.4 Å². The molecular weight excluding hydrogens is 236 g/mol.